The number of nitrogen functional groups attached to an aromatic ring is 1. The Hall–Kier alpha value is -1.76. The van der Waals surface area contributed by atoms with Gasteiger partial charge in [-0.15, -0.1) is 11.3 Å². The second-order valence-electron chi connectivity index (χ2n) is 5.59. The van der Waals surface area contributed by atoms with E-state index in [1.807, 2.05) is 0 Å². The Labute approximate surface area is 128 Å². The molecule has 1 fully saturated rings. The molecule has 0 bridgehead atoms. The Balaban J connectivity index is 2.32. The van der Waals surface area contributed by atoms with Crippen LogP contribution in [0.1, 0.15) is 52.1 Å². The summed E-state index contributed by atoms with van der Waals surface area (Å²) in [5, 5.41) is 3.98. The highest BCUT2D eigenvalue weighted by molar-refractivity contribution is 7.19. The number of primary amides is 1. The van der Waals surface area contributed by atoms with E-state index in [9.17, 15) is 9.59 Å². The molecule has 21 heavy (non-hydrogen) atoms. The lowest BCUT2D eigenvalue weighted by atomic mass is 9.95. The minimum Gasteiger partial charge on any atom is -0.397 e. The van der Waals surface area contributed by atoms with Crippen molar-refractivity contribution in [1.29, 1.82) is 0 Å². The van der Waals surface area contributed by atoms with E-state index in [0.717, 1.165) is 12.8 Å². The van der Waals surface area contributed by atoms with Crippen LogP contribution in [0.2, 0.25) is 0 Å². The smallest absolute Gasteiger partial charge is 0.265 e. The van der Waals surface area contributed by atoms with Crippen LogP contribution in [0.3, 0.4) is 0 Å². The zero-order valence-electron chi connectivity index (χ0n) is 12.4. The molecule has 2 rings (SSSR count). The number of rotatable bonds is 4. The van der Waals surface area contributed by atoms with Gasteiger partial charge in [0.2, 0.25) is 0 Å². The van der Waals surface area contributed by atoms with E-state index in [1.165, 1.54) is 35.5 Å². The molecule has 0 aliphatic heterocycles. The van der Waals surface area contributed by atoms with Crippen LogP contribution in [0.4, 0.5) is 10.7 Å². The number of nitrogens with two attached hydrogens (primary N) is 2. The summed E-state index contributed by atoms with van der Waals surface area (Å²) in [6.45, 7) is 0. The Morgan fingerprint density at radius 2 is 1.86 bits per heavy atom. The van der Waals surface area contributed by atoms with E-state index >= 15 is 0 Å². The molecule has 0 saturated heterocycles. The van der Waals surface area contributed by atoms with Crippen LogP contribution < -0.4 is 16.8 Å². The number of anilines is 2. The summed E-state index contributed by atoms with van der Waals surface area (Å²) in [6, 6.07) is 0.317. The fourth-order valence-corrected chi connectivity index (χ4v) is 3.81. The van der Waals surface area contributed by atoms with E-state index in [2.05, 4.69) is 5.32 Å². The normalized spacial score (nSPS) is 15.7. The molecule has 1 aromatic rings. The highest BCUT2D eigenvalue weighted by Gasteiger charge is 2.26. The van der Waals surface area contributed by atoms with Crippen molar-refractivity contribution in [1.82, 2.24) is 4.90 Å². The largest absolute Gasteiger partial charge is 0.397 e. The standard InChI is InChI=1S/C14H22N4O2S/c1-18(2)14(20)11-10(15)9(12(16)19)13(21-11)17-8-6-4-3-5-7-8/h8,17H,3-7,15H2,1-2H3,(H2,16,19). The lowest BCUT2D eigenvalue weighted by Crippen LogP contribution is -2.24. The summed E-state index contributed by atoms with van der Waals surface area (Å²) in [5.74, 6) is -0.809. The maximum Gasteiger partial charge on any atom is 0.265 e. The van der Waals surface area contributed by atoms with Crippen molar-refractivity contribution in [3.63, 3.8) is 0 Å². The molecule has 0 atom stereocenters. The van der Waals surface area contributed by atoms with Crippen molar-refractivity contribution >= 4 is 33.8 Å². The monoisotopic (exact) mass is 310 g/mol. The Kier molecular flexibility index (Phi) is 4.72. The van der Waals surface area contributed by atoms with Crippen molar-refractivity contribution < 1.29 is 9.59 Å². The first kappa shape index (κ1) is 15.6. The molecule has 0 unspecified atom stereocenters. The first-order valence-corrected chi connectivity index (χ1v) is 7.93. The molecule has 1 heterocycles. The van der Waals surface area contributed by atoms with E-state index in [-0.39, 0.29) is 17.2 Å². The van der Waals surface area contributed by atoms with Crippen molar-refractivity contribution in [2.75, 3.05) is 25.1 Å². The van der Waals surface area contributed by atoms with Gasteiger partial charge in [0, 0.05) is 20.1 Å². The van der Waals surface area contributed by atoms with Crippen LogP contribution in [-0.4, -0.2) is 36.9 Å². The summed E-state index contributed by atoms with van der Waals surface area (Å²) in [4.78, 5) is 25.6. The van der Waals surface area contributed by atoms with Crippen LogP contribution in [0.15, 0.2) is 0 Å². The van der Waals surface area contributed by atoms with Crippen LogP contribution >= 0.6 is 11.3 Å². The first-order valence-electron chi connectivity index (χ1n) is 7.12. The van der Waals surface area contributed by atoms with Crippen LogP contribution in [0.25, 0.3) is 0 Å². The van der Waals surface area contributed by atoms with E-state index in [0.29, 0.717) is 15.9 Å². The molecular weight excluding hydrogens is 288 g/mol. The maximum absolute atomic E-state index is 12.1. The molecule has 6 nitrogen and oxygen atoms in total. The molecular formula is C14H22N4O2S. The number of carbonyl (C=O) groups is 2. The molecule has 0 spiro atoms. The molecule has 0 aromatic carbocycles. The third-order valence-corrected chi connectivity index (χ3v) is 4.86. The second kappa shape index (κ2) is 6.34. The Morgan fingerprint density at radius 3 is 2.38 bits per heavy atom. The van der Waals surface area contributed by atoms with E-state index in [4.69, 9.17) is 11.5 Å². The number of amides is 2. The fourth-order valence-electron chi connectivity index (χ4n) is 2.58. The summed E-state index contributed by atoms with van der Waals surface area (Å²) in [5.41, 5.74) is 11.8. The van der Waals surface area contributed by atoms with Gasteiger partial charge in [0.15, 0.2) is 0 Å². The summed E-state index contributed by atoms with van der Waals surface area (Å²) in [6.07, 6.45) is 5.72. The van der Waals surface area contributed by atoms with Gasteiger partial charge in [-0.25, -0.2) is 0 Å². The second-order valence-corrected chi connectivity index (χ2v) is 6.61. The number of nitrogens with one attached hydrogen (secondary N) is 1. The quantitative estimate of drug-likeness (QED) is 0.790. The minimum absolute atomic E-state index is 0.185. The number of hydrogen-bond acceptors (Lipinski definition) is 5. The Bertz CT molecular complexity index is 547. The SMILES string of the molecule is CN(C)C(=O)c1sc(NC2CCCCC2)c(C(N)=O)c1N. The average Bonchev–Trinajstić information content (AvgIpc) is 2.75. The van der Waals surface area contributed by atoms with Gasteiger partial charge >= 0.3 is 0 Å². The lowest BCUT2D eigenvalue weighted by Gasteiger charge is -2.23. The number of carbonyl (C=O) groups excluding carboxylic acids is 2. The third-order valence-electron chi connectivity index (χ3n) is 3.73. The maximum atomic E-state index is 12.1. The van der Waals surface area contributed by atoms with Gasteiger partial charge in [-0.1, -0.05) is 19.3 Å². The van der Waals surface area contributed by atoms with Crippen molar-refractivity contribution in [3.05, 3.63) is 10.4 Å². The number of thiophene rings is 1. The third kappa shape index (κ3) is 3.29. The lowest BCUT2D eigenvalue weighted by molar-refractivity contribution is 0.0833. The molecule has 2 amide bonds. The molecule has 0 radical (unpaired) electrons. The minimum atomic E-state index is -0.597. The highest BCUT2D eigenvalue weighted by Crippen LogP contribution is 2.37. The molecule has 1 aliphatic carbocycles. The van der Waals surface area contributed by atoms with Crippen LogP contribution in [0.5, 0.6) is 0 Å². The molecule has 1 aliphatic rings. The van der Waals surface area contributed by atoms with Crippen molar-refractivity contribution in [2.45, 2.75) is 38.1 Å². The predicted octanol–water partition coefficient (Wildman–Crippen LogP) is 1.88. The van der Waals surface area contributed by atoms with E-state index in [1.54, 1.807) is 14.1 Å². The summed E-state index contributed by atoms with van der Waals surface area (Å²) >= 11 is 1.22. The fraction of sp³-hybridized carbons (Fsp3) is 0.571. The summed E-state index contributed by atoms with van der Waals surface area (Å²) in [7, 11) is 3.30. The van der Waals surface area contributed by atoms with Gasteiger partial charge in [-0.3, -0.25) is 9.59 Å². The van der Waals surface area contributed by atoms with Crippen LogP contribution in [0, 0.1) is 0 Å². The molecule has 116 valence electrons. The van der Waals surface area contributed by atoms with Gasteiger partial charge in [0.25, 0.3) is 11.8 Å². The highest BCUT2D eigenvalue weighted by atomic mass is 32.1. The number of nitrogens with zero attached hydrogens (tertiary/aromatic N) is 1. The van der Waals surface area contributed by atoms with Gasteiger partial charge in [-0.05, 0) is 12.8 Å². The molecule has 7 heteroatoms. The van der Waals surface area contributed by atoms with Crippen LogP contribution in [-0.2, 0) is 0 Å². The topological polar surface area (TPSA) is 101 Å². The molecule has 1 aromatic heterocycles. The van der Waals surface area contributed by atoms with Gasteiger partial charge in [0.1, 0.15) is 9.88 Å². The summed E-state index contributed by atoms with van der Waals surface area (Å²) < 4.78 is 0. The average molecular weight is 310 g/mol. The van der Waals surface area contributed by atoms with E-state index < -0.39 is 5.91 Å². The van der Waals surface area contributed by atoms with Gasteiger partial charge < -0.3 is 21.7 Å². The zero-order chi connectivity index (χ0) is 15.6. The predicted molar refractivity (Wildman–Crippen MR) is 85.8 cm³/mol. The van der Waals surface area contributed by atoms with Crippen molar-refractivity contribution in [3.8, 4) is 0 Å². The van der Waals surface area contributed by atoms with Crippen molar-refractivity contribution in [2.24, 2.45) is 5.73 Å². The zero-order valence-corrected chi connectivity index (χ0v) is 13.3. The first-order chi connectivity index (χ1) is 9.91. The molecule has 5 N–H and O–H groups in total. The number of hydrogen-bond donors (Lipinski definition) is 3. The van der Waals surface area contributed by atoms with Gasteiger partial charge in [-0.2, -0.15) is 0 Å². The van der Waals surface area contributed by atoms with Gasteiger partial charge in [0.05, 0.1) is 11.3 Å². The molecule has 1 saturated carbocycles. The Morgan fingerprint density at radius 1 is 1.24 bits per heavy atom.